The Hall–Kier alpha value is -2.41. The molecule has 1 N–H and O–H groups in total. The average molecular weight is 303 g/mol. The van der Waals surface area contributed by atoms with Gasteiger partial charge in [0.15, 0.2) is 11.5 Å². The number of furan rings is 1. The quantitative estimate of drug-likeness (QED) is 0.801. The molecule has 0 saturated carbocycles. The molecule has 0 fully saturated rings. The molecule has 6 nitrogen and oxygen atoms in total. The van der Waals surface area contributed by atoms with Gasteiger partial charge in [-0.3, -0.25) is 4.79 Å². The SMILES string of the molecule is Cc1nc(C)c(CNC(=O)c2cc(-c3ccco3)on2)s1. The van der Waals surface area contributed by atoms with Gasteiger partial charge in [-0.05, 0) is 26.0 Å². The zero-order valence-corrected chi connectivity index (χ0v) is 12.4. The van der Waals surface area contributed by atoms with Crippen molar-refractivity contribution >= 4 is 17.2 Å². The molecule has 3 aromatic heterocycles. The Kier molecular flexibility index (Phi) is 3.57. The number of carbonyl (C=O) groups is 1. The van der Waals surface area contributed by atoms with Crippen LogP contribution in [0.5, 0.6) is 0 Å². The highest BCUT2D eigenvalue weighted by Gasteiger charge is 2.15. The Balaban J connectivity index is 1.67. The van der Waals surface area contributed by atoms with Crippen LogP contribution in [0.15, 0.2) is 33.4 Å². The maximum absolute atomic E-state index is 12.0. The van der Waals surface area contributed by atoms with Crippen molar-refractivity contribution in [1.82, 2.24) is 15.5 Å². The Bertz CT molecular complexity index is 758. The predicted octanol–water partition coefficient (Wildman–Crippen LogP) is 2.94. The lowest BCUT2D eigenvalue weighted by atomic mass is 10.3. The van der Waals surface area contributed by atoms with Gasteiger partial charge in [-0.2, -0.15) is 0 Å². The second-order valence-corrected chi connectivity index (χ2v) is 5.77. The number of rotatable bonds is 4. The molecule has 0 unspecified atom stereocenters. The van der Waals surface area contributed by atoms with Gasteiger partial charge in [0.2, 0.25) is 5.76 Å². The number of aryl methyl sites for hydroxylation is 2. The van der Waals surface area contributed by atoms with E-state index < -0.39 is 0 Å². The summed E-state index contributed by atoms with van der Waals surface area (Å²) < 4.78 is 10.3. The minimum atomic E-state index is -0.290. The van der Waals surface area contributed by atoms with Crippen LogP contribution in [-0.4, -0.2) is 16.0 Å². The standard InChI is InChI=1S/C14H13N3O3S/c1-8-13(21-9(2)16-8)7-15-14(18)10-6-12(20-17-10)11-4-3-5-19-11/h3-6H,7H2,1-2H3,(H,15,18). The molecule has 0 saturated heterocycles. The number of hydrogen-bond donors (Lipinski definition) is 1. The van der Waals surface area contributed by atoms with Gasteiger partial charge in [0.25, 0.3) is 5.91 Å². The number of aromatic nitrogens is 2. The molecule has 3 aromatic rings. The van der Waals surface area contributed by atoms with Gasteiger partial charge in [-0.1, -0.05) is 5.16 Å². The van der Waals surface area contributed by atoms with Crippen molar-refractivity contribution in [1.29, 1.82) is 0 Å². The summed E-state index contributed by atoms with van der Waals surface area (Å²) in [5.74, 6) is 0.674. The van der Waals surface area contributed by atoms with Crippen LogP contribution in [0, 0.1) is 13.8 Å². The molecule has 7 heteroatoms. The molecular weight excluding hydrogens is 290 g/mol. The summed E-state index contributed by atoms with van der Waals surface area (Å²) in [5.41, 5.74) is 1.16. The molecule has 1 amide bonds. The lowest BCUT2D eigenvalue weighted by Gasteiger charge is -2.00. The first kappa shape index (κ1) is 13.6. The number of nitrogens with one attached hydrogen (secondary N) is 1. The summed E-state index contributed by atoms with van der Waals surface area (Å²) in [4.78, 5) is 17.4. The summed E-state index contributed by atoms with van der Waals surface area (Å²) >= 11 is 1.57. The number of hydrogen-bond acceptors (Lipinski definition) is 6. The number of thiazole rings is 1. The van der Waals surface area contributed by atoms with Crippen LogP contribution < -0.4 is 5.32 Å². The van der Waals surface area contributed by atoms with Crippen molar-refractivity contribution in [3.8, 4) is 11.5 Å². The summed E-state index contributed by atoms with van der Waals surface area (Å²) in [6.07, 6.45) is 1.53. The Morgan fingerprint density at radius 3 is 2.90 bits per heavy atom. The zero-order valence-electron chi connectivity index (χ0n) is 11.5. The normalized spacial score (nSPS) is 10.8. The number of amides is 1. The highest BCUT2D eigenvalue weighted by atomic mass is 32.1. The zero-order chi connectivity index (χ0) is 14.8. The van der Waals surface area contributed by atoms with E-state index in [0.717, 1.165) is 15.6 Å². The van der Waals surface area contributed by atoms with Crippen LogP contribution in [0.3, 0.4) is 0 Å². The Labute approximate surface area is 124 Å². The molecule has 0 bridgehead atoms. The fourth-order valence-electron chi connectivity index (χ4n) is 1.91. The fraction of sp³-hybridized carbons (Fsp3) is 0.214. The first-order chi connectivity index (χ1) is 10.1. The lowest BCUT2D eigenvalue weighted by Crippen LogP contribution is -2.22. The molecule has 3 heterocycles. The Morgan fingerprint density at radius 1 is 1.38 bits per heavy atom. The molecular formula is C14H13N3O3S. The third kappa shape index (κ3) is 2.87. The van der Waals surface area contributed by atoms with Crippen LogP contribution in [0.4, 0.5) is 0 Å². The minimum Gasteiger partial charge on any atom is -0.461 e. The van der Waals surface area contributed by atoms with E-state index in [1.165, 1.54) is 6.26 Å². The molecule has 108 valence electrons. The molecule has 21 heavy (non-hydrogen) atoms. The van der Waals surface area contributed by atoms with E-state index in [4.69, 9.17) is 8.94 Å². The summed E-state index contributed by atoms with van der Waals surface area (Å²) in [7, 11) is 0. The summed E-state index contributed by atoms with van der Waals surface area (Å²) in [5, 5.41) is 7.54. The van der Waals surface area contributed by atoms with E-state index in [1.807, 2.05) is 13.8 Å². The molecule has 0 spiro atoms. The first-order valence-electron chi connectivity index (χ1n) is 6.35. The van der Waals surface area contributed by atoms with E-state index >= 15 is 0 Å². The van der Waals surface area contributed by atoms with Crippen LogP contribution in [0.25, 0.3) is 11.5 Å². The maximum Gasteiger partial charge on any atom is 0.273 e. The lowest BCUT2D eigenvalue weighted by molar-refractivity contribution is 0.0942. The van der Waals surface area contributed by atoms with Gasteiger partial charge < -0.3 is 14.3 Å². The van der Waals surface area contributed by atoms with Gasteiger partial charge in [0.1, 0.15) is 0 Å². The van der Waals surface area contributed by atoms with Gasteiger partial charge in [-0.15, -0.1) is 11.3 Å². The van der Waals surface area contributed by atoms with Crippen molar-refractivity contribution < 1.29 is 13.7 Å². The molecule has 0 aromatic carbocycles. The van der Waals surface area contributed by atoms with Gasteiger partial charge in [-0.25, -0.2) is 4.98 Å². The van der Waals surface area contributed by atoms with E-state index in [9.17, 15) is 4.79 Å². The van der Waals surface area contributed by atoms with Crippen molar-refractivity contribution in [3.05, 3.63) is 45.7 Å². The molecule has 0 aliphatic heterocycles. The highest BCUT2D eigenvalue weighted by molar-refractivity contribution is 7.11. The van der Waals surface area contributed by atoms with E-state index in [0.29, 0.717) is 18.1 Å². The molecule has 0 aliphatic rings. The average Bonchev–Trinajstić information content (AvgIpc) is 3.16. The molecule has 3 rings (SSSR count). The van der Waals surface area contributed by atoms with Gasteiger partial charge in [0, 0.05) is 10.9 Å². The summed E-state index contributed by atoms with van der Waals surface area (Å²) in [6.45, 7) is 4.30. The van der Waals surface area contributed by atoms with Crippen LogP contribution >= 0.6 is 11.3 Å². The number of carbonyl (C=O) groups excluding carboxylic acids is 1. The van der Waals surface area contributed by atoms with Crippen LogP contribution in [0.1, 0.15) is 26.1 Å². The maximum atomic E-state index is 12.0. The monoisotopic (exact) mass is 303 g/mol. The molecule has 0 aliphatic carbocycles. The summed E-state index contributed by atoms with van der Waals surface area (Å²) in [6, 6.07) is 5.04. The molecule has 0 radical (unpaired) electrons. The molecule has 0 atom stereocenters. The van der Waals surface area contributed by atoms with Gasteiger partial charge in [0.05, 0.1) is 23.5 Å². The second-order valence-electron chi connectivity index (χ2n) is 4.48. The number of nitrogens with zero attached hydrogens (tertiary/aromatic N) is 2. The van der Waals surface area contributed by atoms with E-state index in [2.05, 4.69) is 15.5 Å². The van der Waals surface area contributed by atoms with E-state index in [1.54, 1.807) is 29.5 Å². The smallest absolute Gasteiger partial charge is 0.273 e. The first-order valence-corrected chi connectivity index (χ1v) is 7.17. The third-order valence-electron chi connectivity index (χ3n) is 2.92. The highest BCUT2D eigenvalue weighted by Crippen LogP contribution is 2.21. The largest absolute Gasteiger partial charge is 0.461 e. The van der Waals surface area contributed by atoms with Gasteiger partial charge >= 0.3 is 0 Å². The van der Waals surface area contributed by atoms with Crippen molar-refractivity contribution in [2.45, 2.75) is 20.4 Å². The topological polar surface area (TPSA) is 81.2 Å². The fourth-order valence-corrected chi connectivity index (χ4v) is 2.78. The van der Waals surface area contributed by atoms with Crippen molar-refractivity contribution in [2.24, 2.45) is 0 Å². The van der Waals surface area contributed by atoms with E-state index in [-0.39, 0.29) is 11.6 Å². The van der Waals surface area contributed by atoms with Crippen LogP contribution in [-0.2, 0) is 6.54 Å². The van der Waals surface area contributed by atoms with Crippen LogP contribution in [0.2, 0.25) is 0 Å². The predicted molar refractivity (Wildman–Crippen MR) is 77.0 cm³/mol. The van der Waals surface area contributed by atoms with Crippen molar-refractivity contribution in [3.63, 3.8) is 0 Å². The Morgan fingerprint density at radius 2 is 2.24 bits per heavy atom. The minimum absolute atomic E-state index is 0.222. The second kappa shape index (κ2) is 5.53. The van der Waals surface area contributed by atoms with Crippen molar-refractivity contribution in [2.75, 3.05) is 0 Å². The third-order valence-corrected chi connectivity index (χ3v) is 3.99.